The summed E-state index contributed by atoms with van der Waals surface area (Å²) in [5, 5.41) is 5.25. The quantitative estimate of drug-likeness (QED) is 0.396. The van der Waals surface area contributed by atoms with E-state index < -0.39 is 11.8 Å². The molecule has 0 aromatic rings. The number of hydrogen-bond donors (Lipinski definition) is 2. The molecule has 0 bridgehead atoms. The second-order valence-electron chi connectivity index (χ2n) is 4.56. The van der Waals surface area contributed by atoms with Crippen LogP contribution in [0.1, 0.15) is 19.8 Å². The lowest BCUT2D eigenvalue weighted by molar-refractivity contribution is -0.137. The van der Waals surface area contributed by atoms with Gasteiger partial charge in [0.25, 0.3) is 11.8 Å². The lowest BCUT2D eigenvalue weighted by Crippen LogP contribution is -2.37. The molecule has 22 heavy (non-hydrogen) atoms. The molecule has 0 atom stereocenters. The number of imide groups is 1. The maximum atomic E-state index is 11.6. The molecule has 122 valence electrons. The Balaban J connectivity index is 2.05. The summed E-state index contributed by atoms with van der Waals surface area (Å²) < 4.78 is 5.05. The third-order valence-electron chi connectivity index (χ3n) is 2.91. The number of nitrogens with zero attached hydrogens (tertiary/aromatic N) is 1. The highest BCUT2D eigenvalue weighted by Crippen LogP contribution is 2.03. The van der Waals surface area contributed by atoms with Gasteiger partial charge in [0.2, 0.25) is 11.8 Å². The van der Waals surface area contributed by atoms with Crippen molar-refractivity contribution in [1.29, 1.82) is 0 Å². The van der Waals surface area contributed by atoms with Crippen LogP contribution in [0, 0.1) is 0 Å². The van der Waals surface area contributed by atoms with Crippen molar-refractivity contribution in [1.82, 2.24) is 15.5 Å². The van der Waals surface area contributed by atoms with Crippen LogP contribution in [-0.4, -0.2) is 61.4 Å². The molecule has 0 saturated heterocycles. The Morgan fingerprint density at radius 3 is 2.14 bits per heavy atom. The Hall–Kier alpha value is -2.22. The van der Waals surface area contributed by atoms with E-state index in [1.807, 2.05) is 6.92 Å². The molecule has 0 fully saturated rings. The van der Waals surface area contributed by atoms with Crippen molar-refractivity contribution in [3.8, 4) is 0 Å². The van der Waals surface area contributed by atoms with Gasteiger partial charge in [-0.3, -0.25) is 24.1 Å². The number of hydrogen-bond acceptors (Lipinski definition) is 5. The van der Waals surface area contributed by atoms with Gasteiger partial charge in [-0.1, -0.05) is 0 Å². The smallest absolute Gasteiger partial charge is 0.253 e. The molecule has 0 radical (unpaired) electrons. The molecular formula is C14H21N3O5. The first-order valence-corrected chi connectivity index (χ1v) is 7.19. The predicted octanol–water partition coefficient (Wildman–Crippen LogP) is -1.04. The van der Waals surface area contributed by atoms with E-state index in [1.165, 1.54) is 12.2 Å². The van der Waals surface area contributed by atoms with Crippen LogP contribution >= 0.6 is 0 Å². The van der Waals surface area contributed by atoms with E-state index in [0.717, 1.165) is 4.90 Å². The molecule has 0 saturated carbocycles. The van der Waals surface area contributed by atoms with Crippen LogP contribution in [0.4, 0.5) is 0 Å². The van der Waals surface area contributed by atoms with Gasteiger partial charge in [-0.15, -0.1) is 0 Å². The average Bonchev–Trinajstić information content (AvgIpc) is 2.81. The Labute approximate surface area is 128 Å². The van der Waals surface area contributed by atoms with E-state index in [0.29, 0.717) is 26.3 Å². The first-order chi connectivity index (χ1) is 10.5. The molecule has 1 aliphatic heterocycles. The summed E-state index contributed by atoms with van der Waals surface area (Å²) in [6.45, 7) is 3.46. The van der Waals surface area contributed by atoms with Crippen molar-refractivity contribution in [2.45, 2.75) is 19.8 Å². The molecule has 0 unspecified atom stereocenters. The molecule has 4 amide bonds. The third kappa shape index (κ3) is 6.49. The number of amides is 4. The van der Waals surface area contributed by atoms with Crippen molar-refractivity contribution in [3.63, 3.8) is 0 Å². The summed E-state index contributed by atoms with van der Waals surface area (Å²) >= 11 is 0. The Kier molecular flexibility index (Phi) is 7.84. The molecule has 1 heterocycles. The fraction of sp³-hybridized carbons (Fsp3) is 0.571. The Bertz CT molecular complexity index is 443. The summed E-state index contributed by atoms with van der Waals surface area (Å²) in [4.78, 5) is 46.4. The van der Waals surface area contributed by atoms with Crippen molar-refractivity contribution in [2.75, 3.05) is 32.8 Å². The molecule has 8 heteroatoms. The molecular weight excluding hydrogens is 290 g/mol. The summed E-state index contributed by atoms with van der Waals surface area (Å²) in [6.07, 6.45) is 2.68. The van der Waals surface area contributed by atoms with Crippen LogP contribution in [0.2, 0.25) is 0 Å². The van der Waals surface area contributed by atoms with Crippen LogP contribution < -0.4 is 10.6 Å². The highest BCUT2D eigenvalue weighted by Gasteiger charge is 2.23. The average molecular weight is 311 g/mol. The van der Waals surface area contributed by atoms with Gasteiger partial charge in [-0.25, -0.2) is 0 Å². The lowest BCUT2D eigenvalue weighted by atomic mass is 10.3. The molecule has 0 aromatic carbocycles. The minimum absolute atomic E-state index is 0.0391. The first-order valence-electron chi connectivity index (χ1n) is 7.19. The van der Waals surface area contributed by atoms with Crippen LogP contribution in [0.5, 0.6) is 0 Å². The first kappa shape index (κ1) is 17.8. The fourth-order valence-corrected chi connectivity index (χ4v) is 1.75. The minimum atomic E-state index is -0.403. The van der Waals surface area contributed by atoms with Crippen molar-refractivity contribution >= 4 is 23.6 Å². The van der Waals surface area contributed by atoms with Gasteiger partial charge >= 0.3 is 0 Å². The number of rotatable bonds is 10. The summed E-state index contributed by atoms with van der Waals surface area (Å²) in [5.74, 6) is -1.23. The molecule has 2 N–H and O–H groups in total. The van der Waals surface area contributed by atoms with E-state index >= 15 is 0 Å². The standard InChI is InChI=1S/C14H21N3O5/c1-2-22-10-6-12(19)16-8-7-15-11(18)5-9-17-13(20)3-4-14(17)21/h3-4H,2,5-10H2,1H3,(H,15,18)(H,16,19). The molecule has 0 aromatic heterocycles. The van der Waals surface area contributed by atoms with E-state index in [-0.39, 0.29) is 31.2 Å². The number of ether oxygens (including phenoxy) is 1. The van der Waals surface area contributed by atoms with E-state index in [2.05, 4.69) is 10.6 Å². The lowest BCUT2D eigenvalue weighted by Gasteiger charge is -2.13. The van der Waals surface area contributed by atoms with Gasteiger partial charge in [0.05, 0.1) is 6.61 Å². The van der Waals surface area contributed by atoms with Gasteiger partial charge in [0, 0.05) is 51.2 Å². The van der Waals surface area contributed by atoms with Gasteiger partial charge in [0.15, 0.2) is 0 Å². The molecule has 1 rings (SSSR count). The third-order valence-corrected chi connectivity index (χ3v) is 2.91. The van der Waals surface area contributed by atoms with Crippen LogP contribution in [-0.2, 0) is 23.9 Å². The largest absolute Gasteiger partial charge is 0.381 e. The van der Waals surface area contributed by atoms with Gasteiger partial charge in [-0.2, -0.15) is 0 Å². The second-order valence-corrected chi connectivity index (χ2v) is 4.56. The fourth-order valence-electron chi connectivity index (χ4n) is 1.75. The molecule has 0 aliphatic carbocycles. The Morgan fingerprint density at radius 2 is 1.59 bits per heavy atom. The van der Waals surface area contributed by atoms with Crippen molar-refractivity contribution < 1.29 is 23.9 Å². The zero-order valence-electron chi connectivity index (χ0n) is 12.6. The van der Waals surface area contributed by atoms with E-state index in [4.69, 9.17) is 4.74 Å². The summed E-state index contributed by atoms with van der Waals surface area (Å²) in [6, 6.07) is 0. The monoisotopic (exact) mass is 311 g/mol. The maximum Gasteiger partial charge on any atom is 0.253 e. The highest BCUT2D eigenvalue weighted by atomic mass is 16.5. The summed E-state index contributed by atoms with van der Waals surface area (Å²) in [7, 11) is 0. The van der Waals surface area contributed by atoms with E-state index in [9.17, 15) is 19.2 Å². The SMILES string of the molecule is CCOCCC(=O)NCCNC(=O)CCN1C(=O)C=CC1=O. The van der Waals surface area contributed by atoms with Crippen LogP contribution in [0.15, 0.2) is 12.2 Å². The maximum absolute atomic E-state index is 11.6. The van der Waals surface area contributed by atoms with Crippen molar-refractivity contribution in [2.24, 2.45) is 0 Å². The number of carbonyl (C=O) groups excluding carboxylic acids is 4. The predicted molar refractivity (Wildman–Crippen MR) is 77.6 cm³/mol. The highest BCUT2D eigenvalue weighted by molar-refractivity contribution is 6.13. The molecule has 8 nitrogen and oxygen atoms in total. The second kappa shape index (κ2) is 9.67. The van der Waals surface area contributed by atoms with E-state index in [1.54, 1.807) is 0 Å². The zero-order chi connectivity index (χ0) is 16.4. The van der Waals surface area contributed by atoms with Gasteiger partial charge < -0.3 is 15.4 Å². The molecule has 1 aliphatic rings. The van der Waals surface area contributed by atoms with Crippen LogP contribution in [0.25, 0.3) is 0 Å². The summed E-state index contributed by atoms with van der Waals surface area (Å²) in [5.41, 5.74) is 0. The minimum Gasteiger partial charge on any atom is -0.381 e. The molecule has 0 spiro atoms. The number of nitrogens with one attached hydrogen (secondary N) is 2. The zero-order valence-corrected chi connectivity index (χ0v) is 12.6. The van der Waals surface area contributed by atoms with Gasteiger partial charge in [0.1, 0.15) is 0 Å². The van der Waals surface area contributed by atoms with Crippen LogP contribution in [0.3, 0.4) is 0 Å². The normalized spacial score (nSPS) is 13.6. The van der Waals surface area contributed by atoms with Crippen molar-refractivity contribution in [3.05, 3.63) is 12.2 Å². The van der Waals surface area contributed by atoms with Gasteiger partial charge in [-0.05, 0) is 6.92 Å². The Morgan fingerprint density at radius 1 is 1.05 bits per heavy atom. The topological polar surface area (TPSA) is 105 Å². The number of carbonyl (C=O) groups is 4.